The van der Waals surface area contributed by atoms with Gasteiger partial charge in [-0.25, -0.2) is 0 Å². The van der Waals surface area contributed by atoms with Crippen molar-refractivity contribution in [2.45, 2.75) is 0 Å². The van der Waals surface area contributed by atoms with Gasteiger partial charge in [0.05, 0.1) is 23.3 Å². The Morgan fingerprint density at radius 1 is 0.421 bits per heavy atom. The Bertz CT molecular complexity index is 1280. The summed E-state index contributed by atoms with van der Waals surface area (Å²) in [5.74, 6) is 0. The molecule has 184 valence electrons. The van der Waals surface area contributed by atoms with Gasteiger partial charge in [0.1, 0.15) is 0 Å². The third kappa shape index (κ3) is 14.1. The van der Waals surface area contributed by atoms with Gasteiger partial charge >= 0.3 is 0 Å². The number of rotatable bonds is 12. The highest BCUT2D eigenvalue weighted by Crippen LogP contribution is 2.03. The molecule has 0 aliphatic heterocycles. The first-order valence-electron chi connectivity index (χ1n) is 12.2. The van der Waals surface area contributed by atoms with E-state index in [0.717, 1.165) is 11.1 Å². The molecule has 2 nitrogen and oxygen atoms in total. The van der Waals surface area contributed by atoms with Crippen molar-refractivity contribution in [1.29, 1.82) is 10.5 Å². The lowest BCUT2D eigenvalue weighted by molar-refractivity contribution is 1.48. The van der Waals surface area contributed by atoms with E-state index in [2.05, 4.69) is 12.1 Å². The van der Waals surface area contributed by atoms with E-state index in [9.17, 15) is 10.5 Å². The van der Waals surface area contributed by atoms with Crippen molar-refractivity contribution in [3.8, 4) is 12.1 Å². The lowest BCUT2D eigenvalue weighted by Crippen LogP contribution is -1.74. The molecule has 0 bridgehead atoms. The average molecular weight is 491 g/mol. The van der Waals surface area contributed by atoms with Gasteiger partial charge in [0.2, 0.25) is 0 Å². The summed E-state index contributed by atoms with van der Waals surface area (Å²) in [5, 5.41) is 18.7. The molecule has 2 rings (SSSR count). The lowest BCUT2D eigenvalue weighted by atomic mass is 10.2. The van der Waals surface area contributed by atoms with Crippen molar-refractivity contribution >= 4 is 12.2 Å². The molecule has 0 unspecified atom stereocenters. The minimum absolute atomic E-state index is 0.453. The summed E-state index contributed by atoms with van der Waals surface area (Å²) < 4.78 is 0. The fourth-order valence-electron chi connectivity index (χ4n) is 2.86. The summed E-state index contributed by atoms with van der Waals surface area (Å²) in [6, 6.07) is 24.5. The predicted molar refractivity (Wildman–Crippen MR) is 162 cm³/mol. The van der Waals surface area contributed by atoms with Crippen LogP contribution in [0.25, 0.3) is 12.2 Å². The van der Waals surface area contributed by atoms with Gasteiger partial charge in [-0.1, -0.05) is 158 Å². The van der Waals surface area contributed by atoms with Crippen LogP contribution in [0.1, 0.15) is 11.1 Å². The van der Waals surface area contributed by atoms with Crippen LogP contribution in [0.3, 0.4) is 0 Å². The van der Waals surface area contributed by atoms with E-state index in [1.165, 1.54) is 0 Å². The van der Waals surface area contributed by atoms with Crippen LogP contribution >= 0.6 is 0 Å². The monoisotopic (exact) mass is 490 g/mol. The smallest absolute Gasteiger partial charge is 0.0991 e. The lowest BCUT2D eigenvalue weighted by Gasteiger charge is -1.88. The van der Waals surface area contributed by atoms with Crippen molar-refractivity contribution < 1.29 is 0 Å². The van der Waals surface area contributed by atoms with Gasteiger partial charge in [0.15, 0.2) is 0 Å². The number of allylic oxidation sites excluding steroid dienone is 20. The molecule has 0 aliphatic rings. The Hall–Kier alpha value is -5.44. The van der Waals surface area contributed by atoms with Crippen molar-refractivity contribution in [2.24, 2.45) is 0 Å². The van der Waals surface area contributed by atoms with E-state index >= 15 is 0 Å². The molecule has 0 radical (unpaired) electrons. The van der Waals surface area contributed by atoms with Gasteiger partial charge < -0.3 is 0 Å². The first-order chi connectivity index (χ1) is 18.8. The molecule has 0 saturated carbocycles. The molecule has 38 heavy (non-hydrogen) atoms. The summed E-state index contributed by atoms with van der Waals surface area (Å²) in [6.45, 7) is 0. The Labute approximate surface area is 226 Å². The number of benzene rings is 2. The van der Waals surface area contributed by atoms with E-state index in [1.54, 1.807) is 36.5 Å². The molecular weight excluding hydrogens is 460 g/mol. The van der Waals surface area contributed by atoms with E-state index < -0.39 is 0 Å². The molecule has 0 fully saturated rings. The molecule has 0 N–H and O–H groups in total. The molecule has 2 aromatic carbocycles. The topological polar surface area (TPSA) is 47.6 Å². The molecule has 2 aromatic rings. The standard InChI is InChI=1S/C36H30N2/c37-31-35(27-15-9-5-1-3-7-13-21-33-23-17-11-18-24-33)29-30-36(32-38)28-16-10-6-2-4-8-14-22-34-25-19-12-20-26-34/h1-30H/b5-1+,6-2+,7-3+,8-4+,15-9+,16-10+,21-13+,22-14+,30-29+,35-27-,36-28-. The van der Waals surface area contributed by atoms with Crippen LogP contribution in [-0.2, 0) is 0 Å². The minimum atomic E-state index is 0.453. The predicted octanol–water partition coefficient (Wildman–Crippen LogP) is 9.21. The first kappa shape index (κ1) is 28.8. The Balaban J connectivity index is 1.78. The van der Waals surface area contributed by atoms with E-state index in [-0.39, 0.29) is 0 Å². The Morgan fingerprint density at radius 2 is 0.737 bits per heavy atom. The molecular formula is C36H30N2. The normalized spacial score (nSPS) is 13.6. The van der Waals surface area contributed by atoms with Crippen molar-refractivity contribution in [2.75, 3.05) is 0 Å². The van der Waals surface area contributed by atoms with Crippen LogP contribution in [0.2, 0.25) is 0 Å². The van der Waals surface area contributed by atoms with Crippen LogP contribution in [0.15, 0.2) is 181 Å². The minimum Gasteiger partial charge on any atom is -0.192 e. The van der Waals surface area contributed by atoms with E-state index in [0.29, 0.717) is 11.1 Å². The van der Waals surface area contributed by atoms with Crippen LogP contribution < -0.4 is 0 Å². The summed E-state index contributed by atoms with van der Waals surface area (Å²) in [6.07, 6.45) is 37.3. The van der Waals surface area contributed by atoms with Crippen LogP contribution in [0.5, 0.6) is 0 Å². The summed E-state index contributed by atoms with van der Waals surface area (Å²) in [7, 11) is 0. The summed E-state index contributed by atoms with van der Waals surface area (Å²) >= 11 is 0. The molecule has 0 aliphatic carbocycles. The average Bonchev–Trinajstić information content (AvgIpc) is 2.96. The van der Waals surface area contributed by atoms with Gasteiger partial charge in [0.25, 0.3) is 0 Å². The van der Waals surface area contributed by atoms with Crippen LogP contribution in [0.4, 0.5) is 0 Å². The van der Waals surface area contributed by atoms with Gasteiger partial charge in [-0.3, -0.25) is 0 Å². The van der Waals surface area contributed by atoms with Gasteiger partial charge in [-0.2, -0.15) is 10.5 Å². The highest BCUT2D eigenvalue weighted by atomic mass is 14.2. The fourth-order valence-corrected chi connectivity index (χ4v) is 2.86. The molecule has 0 saturated heterocycles. The number of nitrogens with zero attached hydrogens (tertiary/aromatic N) is 2. The SMILES string of the molecule is N#CC(=C\C=C\C=C\C=C\C=C\c1ccccc1)/C=C/C(C#N)=C/C=C/C=C/C=C/C=C/c1ccccc1. The van der Waals surface area contributed by atoms with Crippen molar-refractivity contribution in [3.63, 3.8) is 0 Å². The molecule has 0 amide bonds. The fraction of sp³-hybridized carbons (Fsp3) is 0. The van der Waals surface area contributed by atoms with Gasteiger partial charge in [-0.05, 0) is 35.4 Å². The van der Waals surface area contributed by atoms with Gasteiger partial charge in [-0.15, -0.1) is 0 Å². The third-order valence-corrected chi connectivity index (χ3v) is 4.76. The number of hydrogen-bond donors (Lipinski definition) is 0. The highest BCUT2D eigenvalue weighted by Gasteiger charge is 1.89. The highest BCUT2D eigenvalue weighted by molar-refractivity contribution is 5.51. The van der Waals surface area contributed by atoms with Crippen LogP contribution in [-0.4, -0.2) is 0 Å². The third-order valence-electron chi connectivity index (χ3n) is 4.76. The molecule has 0 spiro atoms. The second-order valence-corrected chi connectivity index (χ2v) is 7.65. The zero-order chi connectivity index (χ0) is 26.9. The second-order valence-electron chi connectivity index (χ2n) is 7.65. The Morgan fingerprint density at radius 3 is 1.08 bits per heavy atom. The van der Waals surface area contributed by atoms with Crippen molar-refractivity contribution in [3.05, 3.63) is 192 Å². The quantitative estimate of drug-likeness (QED) is 0.220. The maximum absolute atomic E-state index is 9.33. The first-order valence-corrected chi connectivity index (χ1v) is 12.2. The molecule has 0 aromatic heterocycles. The number of nitriles is 2. The molecule has 0 heterocycles. The molecule has 2 heteroatoms. The maximum atomic E-state index is 9.33. The van der Waals surface area contributed by atoms with E-state index in [1.807, 2.05) is 146 Å². The summed E-state index contributed by atoms with van der Waals surface area (Å²) in [5.41, 5.74) is 3.22. The maximum Gasteiger partial charge on any atom is 0.0991 e. The largest absolute Gasteiger partial charge is 0.192 e. The summed E-state index contributed by atoms with van der Waals surface area (Å²) in [4.78, 5) is 0. The second kappa shape index (κ2) is 19.8. The molecule has 0 atom stereocenters. The van der Waals surface area contributed by atoms with Crippen LogP contribution in [0, 0.1) is 22.7 Å². The zero-order valence-electron chi connectivity index (χ0n) is 21.2. The Kier molecular flexibility index (Phi) is 15.0. The zero-order valence-corrected chi connectivity index (χ0v) is 21.2. The van der Waals surface area contributed by atoms with Crippen molar-refractivity contribution in [1.82, 2.24) is 0 Å². The number of hydrogen-bond acceptors (Lipinski definition) is 2. The van der Waals surface area contributed by atoms with E-state index in [4.69, 9.17) is 0 Å². The van der Waals surface area contributed by atoms with Gasteiger partial charge in [0, 0.05) is 0 Å².